The van der Waals surface area contributed by atoms with Crippen LogP contribution in [0.25, 0.3) is 0 Å². The monoisotopic (exact) mass is 594 g/mol. The molecule has 0 aliphatic heterocycles. The van der Waals surface area contributed by atoms with Gasteiger partial charge in [-0.1, -0.05) is 152 Å². The Bertz CT molecular complexity index is 1320. The van der Waals surface area contributed by atoms with Crippen LogP contribution in [0.15, 0.2) is 60.7 Å². The number of hydrogen-bond donors (Lipinski definition) is 0. The summed E-state index contributed by atoms with van der Waals surface area (Å²) in [6.45, 7) is 4.50. The van der Waals surface area contributed by atoms with E-state index in [4.69, 9.17) is 0 Å². The van der Waals surface area contributed by atoms with Crippen molar-refractivity contribution in [3.8, 4) is 23.7 Å². The zero-order chi connectivity index (χ0) is 31.2. The molecule has 0 bridgehead atoms. The fraction of sp³-hybridized carbons (Fsp3) is 0.476. The van der Waals surface area contributed by atoms with Crippen molar-refractivity contribution >= 4 is 0 Å². The number of aryl methyl sites for hydroxylation is 2. The second-order valence-corrected chi connectivity index (χ2v) is 12.2. The van der Waals surface area contributed by atoms with Crippen LogP contribution in [-0.2, 0) is 12.8 Å². The van der Waals surface area contributed by atoms with E-state index < -0.39 is 11.6 Å². The van der Waals surface area contributed by atoms with Crippen LogP contribution in [-0.4, -0.2) is 0 Å². The van der Waals surface area contributed by atoms with Gasteiger partial charge in [0.2, 0.25) is 0 Å². The van der Waals surface area contributed by atoms with E-state index in [2.05, 4.69) is 61.8 Å². The van der Waals surface area contributed by atoms with E-state index in [9.17, 15) is 8.78 Å². The third kappa shape index (κ3) is 14.0. The quantitative estimate of drug-likeness (QED) is 0.101. The highest BCUT2D eigenvalue weighted by atomic mass is 19.1. The van der Waals surface area contributed by atoms with Crippen molar-refractivity contribution in [1.82, 2.24) is 0 Å². The SMILES string of the molecule is CCCCCCCCCCc1ccc(C#Cc2cc(F)c(C#Cc3ccc(CCCCCCCCCC)cc3)c(F)c2)cc1. The van der Waals surface area contributed by atoms with E-state index >= 15 is 0 Å². The lowest BCUT2D eigenvalue weighted by atomic mass is 10.0. The highest BCUT2D eigenvalue weighted by molar-refractivity contribution is 5.49. The average Bonchev–Trinajstić information content (AvgIpc) is 3.03. The summed E-state index contributed by atoms with van der Waals surface area (Å²) in [5.74, 6) is 10.2. The maximum atomic E-state index is 14.8. The first-order chi connectivity index (χ1) is 21.6. The molecule has 0 atom stereocenters. The summed E-state index contributed by atoms with van der Waals surface area (Å²) >= 11 is 0. The van der Waals surface area contributed by atoms with E-state index in [1.54, 1.807) is 0 Å². The van der Waals surface area contributed by atoms with Crippen LogP contribution >= 0.6 is 0 Å². The van der Waals surface area contributed by atoms with Gasteiger partial charge in [0, 0.05) is 16.7 Å². The maximum Gasteiger partial charge on any atom is 0.143 e. The molecule has 0 N–H and O–H groups in total. The largest absolute Gasteiger partial charge is 0.205 e. The van der Waals surface area contributed by atoms with Gasteiger partial charge in [0.15, 0.2) is 0 Å². The molecule has 44 heavy (non-hydrogen) atoms. The van der Waals surface area contributed by atoms with Crippen LogP contribution in [0.4, 0.5) is 8.78 Å². The summed E-state index contributed by atoms with van der Waals surface area (Å²) in [6.07, 6.45) is 23.1. The zero-order valence-electron chi connectivity index (χ0n) is 27.3. The van der Waals surface area contributed by atoms with Crippen molar-refractivity contribution < 1.29 is 8.78 Å². The molecule has 0 aliphatic carbocycles. The number of halogens is 2. The standard InChI is InChI=1S/C42H52F2/c1-3-5-7-9-11-13-15-17-19-35-21-25-37(26-22-35)29-30-39-33-41(43)40(42(44)34-39)32-31-38-27-23-36(24-28-38)20-18-16-14-12-10-8-6-4-2/h21-28,33-34H,3-20H2,1-2H3. The minimum atomic E-state index is -0.686. The van der Waals surface area contributed by atoms with Crippen LogP contribution < -0.4 is 0 Å². The molecule has 0 aromatic heterocycles. The predicted octanol–water partition coefficient (Wildman–Crippen LogP) is 12.1. The van der Waals surface area contributed by atoms with Crippen molar-refractivity contribution in [2.45, 2.75) is 129 Å². The lowest BCUT2D eigenvalue weighted by Gasteiger charge is -2.03. The van der Waals surface area contributed by atoms with E-state index in [1.165, 1.54) is 126 Å². The van der Waals surface area contributed by atoms with E-state index in [0.29, 0.717) is 5.56 Å². The summed E-state index contributed by atoms with van der Waals surface area (Å²) < 4.78 is 29.6. The second kappa shape index (κ2) is 21.4. The Hall–Kier alpha value is -3.36. The van der Waals surface area contributed by atoms with Gasteiger partial charge in [-0.25, -0.2) is 8.78 Å². The Labute approximate surface area is 267 Å². The van der Waals surface area contributed by atoms with Gasteiger partial charge in [0.25, 0.3) is 0 Å². The Balaban J connectivity index is 1.45. The second-order valence-electron chi connectivity index (χ2n) is 12.2. The number of benzene rings is 3. The molecule has 0 spiro atoms. The molecule has 2 heteroatoms. The van der Waals surface area contributed by atoms with Crippen molar-refractivity contribution in [1.29, 1.82) is 0 Å². The Morgan fingerprint density at radius 2 is 0.750 bits per heavy atom. The summed E-state index contributed by atoms with van der Waals surface area (Å²) in [6, 6.07) is 18.7. The van der Waals surface area contributed by atoms with E-state index in [0.717, 1.165) is 24.0 Å². The first kappa shape index (κ1) is 35.1. The average molecular weight is 595 g/mol. The fourth-order valence-corrected chi connectivity index (χ4v) is 5.48. The number of hydrogen-bond acceptors (Lipinski definition) is 0. The molecule has 234 valence electrons. The molecule has 3 aromatic carbocycles. The van der Waals surface area contributed by atoms with E-state index in [1.807, 2.05) is 24.3 Å². The van der Waals surface area contributed by atoms with Crippen molar-refractivity contribution in [3.05, 3.63) is 106 Å². The molecule has 0 fully saturated rings. The minimum Gasteiger partial charge on any atom is -0.205 e. The molecule has 0 nitrogen and oxygen atoms in total. The highest BCUT2D eigenvalue weighted by Gasteiger charge is 2.08. The summed E-state index contributed by atoms with van der Waals surface area (Å²) in [5, 5.41) is 0. The molecule has 0 unspecified atom stereocenters. The molecule has 0 amide bonds. The molecular formula is C42H52F2. The smallest absolute Gasteiger partial charge is 0.143 e. The van der Waals surface area contributed by atoms with Gasteiger partial charge in [-0.15, -0.1) is 0 Å². The molecule has 0 saturated heterocycles. The minimum absolute atomic E-state index is 0.219. The molecule has 0 aliphatic rings. The predicted molar refractivity (Wildman–Crippen MR) is 184 cm³/mol. The number of rotatable bonds is 18. The van der Waals surface area contributed by atoms with Crippen LogP contribution in [0.3, 0.4) is 0 Å². The van der Waals surface area contributed by atoms with Crippen LogP contribution in [0.1, 0.15) is 150 Å². The zero-order valence-corrected chi connectivity index (χ0v) is 27.3. The van der Waals surface area contributed by atoms with E-state index in [-0.39, 0.29) is 5.56 Å². The lowest BCUT2D eigenvalue weighted by Crippen LogP contribution is -1.93. The van der Waals surface area contributed by atoms with Gasteiger partial charge in [-0.3, -0.25) is 0 Å². The third-order valence-electron chi connectivity index (χ3n) is 8.27. The van der Waals surface area contributed by atoms with Gasteiger partial charge in [-0.05, 0) is 73.2 Å². The van der Waals surface area contributed by atoms with Gasteiger partial charge in [0.1, 0.15) is 11.6 Å². The van der Waals surface area contributed by atoms with Gasteiger partial charge >= 0.3 is 0 Å². The molecule has 3 aromatic rings. The normalized spacial score (nSPS) is 10.6. The fourth-order valence-electron chi connectivity index (χ4n) is 5.48. The highest BCUT2D eigenvalue weighted by Crippen LogP contribution is 2.16. The van der Waals surface area contributed by atoms with Crippen LogP contribution in [0, 0.1) is 35.3 Å². The third-order valence-corrected chi connectivity index (χ3v) is 8.27. The first-order valence-electron chi connectivity index (χ1n) is 17.3. The maximum absolute atomic E-state index is 14.8. The van der Waals surface area contributed by atoms with Crippen LogP contribution in [0.2, 0.25) is 0 Å². The van der Waals surface area contributed by atoms with Crippen molar-refractivity contribution in [2.24, 2.45) is 0 Å². The van der Waals surface area contributed by atoms with Gasteiger partial charge in [-0.2, -0.15) is 0 Å². The van der Waals surface area contributed by atoms with Gasteiger partial charge < -0.3 is 0 Å². The Kier molecular flexibility index (Phi) is 17.0. The molecule has 0 saturated carbocycles. The summed E-state index contributed by atoms with van der Waals surface area (Å²) in [4.78, 5) is 0. The topological polar surface area (TPSA) is 0 Å². The Morgan fingerprint density at radius 1 is 0.409 bits per heavy atom. The molecule has 0 heterocycles. The summed E-state index contributed by atoms with van der Waals surface area (Å²) in [5.41, 5.74) is 4.25. The van der Waals surface area contributed by atoms with Crippen LogP contribution in [0.5, 0.6) is 0 Å². The lowest BCUT2D eigenvalue weighted by molar-refractivity contribution is 0.575. The number of unbranched alkanes of at least 4 members (excludes halogenated alkanes) is 14. The summed E-state index contributed by atoms with van der Waals surface area (Å²) in [7, 11) is 0. The molecule has 0 radical (unpaired) electrons. The molecular weight excluding hydrogens is 542 g/mol. The molecule has 3 rings (SSSR count). The van der Waals surface area contributed by atoms with Gasteiger partial charge in [0.05, 0.1) is 5.56 Å². The van der Waals surface area contributed by atoms with Crippen molar-refractivity contribution in [3.63, 3.8) is 0 Å². The Morgan fingerprint density at radius 3 is 1.16 bits per heavy atom. The van der Waals surface area contributed by atoms with Crippen molar-refractivity contribution in [2.75, 3.05) is 0 Å². The first-order valence-corrected chi connectivity index (χ1v) is 17.3.